The van der Waals surface area contributed by atoms with Crippen molar-refractivity contribution in [2.45, 2.75) is 32.7 Å². The van der Waals surface area contributed by atoms with Crippen LogP contribution in [0.25, 0.3) is 0 Å². The molecule has 1 aliphatic heterocycles. The molecule has 0 spiro atoms. The first-order valence-electron chi connectivity index (χ1n) is 10.7. The van der Waals surface area contributed by atoms with Crippen molar-refractivity contribution in [2.75, 3.05) is 67.1 Å². The van der Waals surface area contributed by atoms with E-state index < -0.39 is 0 Å². The van der Waals surface area contributed by atoms with Crippen LogP contribution in [0.4, 0.5) is 0 Å². The maximum atomic E-state index is 5.66. The first kappa shape index (κ1) is 23.3. The highest BCUT2D eigenvalue weighted by Crippen LogP contribution is 2.28. The normalized spacial score (nSPS) is 17.1. The minimum atomic E-state index is 0.499. The number of rotatable bonds is 10. The van der Waals surface area contributed by atoms with E-state index in [0.717, 1.165) is 69.6 Å². The molecule has 0 radical (unpaired) electrons. The topological polar surface area (TPSA) is 61.4 Å². The maximum absolute atomic E-state index is 5.66. The smallest absolute Gasteiger partial charge is 0.191 e. The summed E-state index contributed by atoms with van der Waals surface area (Å²) >= 11 is 0. The summed E-state index contributed by atoms with van der Waals surface area (Å²) in [7, 11) is 5.69. The highest BCUT2D eigenvalue weighted by atomic mass is 16.5. The Balaban J connectivity index is 1.70. The summed E-state index contributed by atoms with van der Waals surface area (Å²) < 4.78 is 11.0. The number of aryl methyl sites for hydroxylation is 1. The fraction of sp³-hybridized carbons (Fsp3) is 0.682. The van der Waals surface area contributed by atoms with Crippen molar-refractivity contribution in [3.05, 3.63) is 23.8 Å². The molecule has 1 saturated heterocycles. The molecule has 7 heteroatoms. The number of hydrogen-bond acceptors (Lipinski definition) is 5. The lowest BCUT2D eigenvalue weighted by molar-refractivity contribution is 0.120. The highest BCUT2D eigenvalue weighted by molar-refractivity contribution is 5.79. The van der Waals surface area contributed by atoms with E-state index in [-0.39, 0.29) is 0 Å². The summed E-state index contributed by atoms with van der Waals surface area (Å²) in [6, 6.07) is 6.66. The van der Waals surface area contributed by atoms with Gasteiger partial charge in [0.25, 0.3) is 0 Å². The zero-order chi connectivity index (χ0) is 21.1. The molecule has 0 aliphatic carbocycles. The number of nitrogens with zero attached hydrogens (tertiary/aromatic N) is 3. The number of ether oxygens (including phenoxy) is 2. The number of benzene rings is 1. The zero-order valence-electron chi connectivity index (χ0n) is 18.8. The second-order valence-corrected chi connectivity index (χ2v) is 7.59. The Bertz CT molecular complexity index is 630. The van der Waals surface area contributed by atoms with Crippen molar-refractivity contribution in [3.8, 4) is 11.5 Å². The third-order valence-electron chi connectivity index (χ3n) is 5.41. The van der Waals surface area contributed by atoms with E-state index in [2.05, 4.69) is 51.5 Å². The summed E-state index contributed by atoms with van der Waals surface area (Å²) in [6.45, 7) is 11.2. The number of likely N-dealkylation sites (N-methyl/N-ethyl adjacent to an activating group) is 1. The number of aliphatic imine (C=N–C) groups is 1. The van der Waals surface area contributed by atoms with Crippen molar-refractivity contribution < 1.29 is 9.47 Å². The van der Waals surface area contributed by atoms with E-state index in [1.165, 1.54) is 5.56 Å². The fourth-order valence-corrected chi connectivity index (χ4v) is 3.50. The van der Waals surface area contributed by atoms with E-state index in [9.17, 15) is 0 Å². The van der Waals surface area contributed by atoms with Gasteiger partial charge in [0.1, 0.15) is 0 Å². The number of methoxy groups -OCH3 is 1. The predicted molar refractivity (Wildman–Crippen MR) is 120 cm³/mol. The quantitative estimate of drug-likeness (QED) is 0.352. The Morgan fingerprint density at radius 2 is 1.93 bits per heavy atom. The van der Waals surface area contributed by atoms with Crippen LogP contribution in [0.15, 0.2) is 23.2 Å². The molecular weight excluding hydrogens is 366 g/mol. The average Bonchev–Trinajstić information content (AvgIpc) is 2.74. The Hall–Kier alpha value is -1.99. The molecule has 29 heavy (non-hydrogen) atoms. The van der Waals surface area contributed by atoms with E-state index >= 15 is 0 Å². The van der Waals surface area contributed by atoms with Crippen molar-refractivity contribution in [1.29, 1.82) is 0 Å². The van der Waals surface area contributed by atoms with Gasteiger partial charge in [-0.05, 0) is 51.4 Å². The fourth-order valence-electron chi connectivity index (χ4n) is 3.50. The summed E-state index contributed by atoms with van der Waals surface area (Å²) in [5.74, 6) is 2.47. The van der Waals surface area contributed by atoms with Crippen LogP contribution in [0.1, 0.15) is 25.8 Å². The highest BCUT2D eigenvalue weighted by Gasteiger charge is 2.19. The van der Waals surface area contributed by atoms with Crippen LogP contribution >= 0.6 is 0 Å². The molecule has 1 fully saturated rings. The summed E-state index contributed by atoms with van der Waals surface area (Å²) in [5.41, 5.74) is 1.25. The molecule has 0 saturated carbocycles. The lowest BCUT2D eigenvalue weighted by Crippen LogP contribution is -2.52. The molecular formula is C22H39N5O2. The van der Waals surface area contributed by atoms with Gasteiger partial charge in [-0.25, -0.2) is 0 Å². The first-order chi connectivity index (χ1) is 14.1. The van der Waals surface area contributed by atoms with Gasteiger partial charge in [0, 0.05) is 52.4 Å². The van der Waals surface area contributed by atoms with Gasteiger partial charge in [0.2, 0.25) is 0 Å². The third-order valence-corrected chi connectivity index (χ3v) is 5.41. The maximum Gasteiger partial charge on any atom is 0.191 e. The number of nitrogens with one attached hydrogen (secondary N) is 2. The van der Waals surface area contributed by atoms with Gasteiger partial charge in [0.05, 0.1) is 13.7 Å². The van der Waals surface area contributed by atoms with Crippen LogP contribution in [-0.4, -0.2) is 88.9 Å². The van der Waals surface area contributed by atoms with Crippen LogP contribution in [0.3, 0.4) is 0 Å². The van der Waals surface area contributed by atoms with Gasteiger partial charge >= 0.3 is 0 Å². The van der Waals surface area contributed by atoms with Crippen LogP contribution in [0, 0.1) is 0 Å². The summed E-state index contributed by atoms with van der Waals surface area (Å²) in [4.78, 5) is 9.28. The molecule has 1 heterocycles. The second kappa shape index (κ2) is 12.5. The lowest BCUT2D eigenvalue weighted by atomic mass is 10.1. The molecule has 164 valence electrons. The molecule has 2 N–H and O–H groups in total. The van der Waals surface area contributed by atoms with Crippen LogP contribution in [0.5, 0.6) is 11.5 Å². The SMILES string of the molecule is CCOc1cc(CCCNC(=NC)NCC(C)N2CCN(C)CC2)ccc1OC. The number of guanidine groups is 1. The van der Waals surface area contributed by atoms with Crippen LogP contribution in [-0.2, 0) is 6.42 Å². The van der Waals surface area contributed by atoms with Gasteiger partial charge in [-0.15, -0.1) is 0 Å². The minimum absolute atomic E-state index is 0.499. The van der Waals surface area contributed by atoms with Crippen molar-refractivity contribution >= 4 is 5.96 Å². The molecule has 1 aliphatic rings. The van der Waals surface area contributed by atoms with E-state index in [0.29, 0.717) is 12.6 Å². The molecule has 1 aromatic rings. The average molecular weight is 406 g/mol. The first-order valence-corrected chi connectivity index (χ1v) is 10.7. The molecule has 0 aromatic heterocycles. The van der Waals surface area contributed by atoms with Gasteiger partial charge in [0.15, 0.2) is 17.5 Å². The minimum Gasteiger partial charge on any atom is -0.493 e. The molecule has 7 nitrogen and oxygen atoms in total. The van der Waals surface area contributed by atoms with Gasteiger partial charge in [-0.2, -0.15) is 0 Å². The Kier molecular flexibility index (Phi) is 10.1. The van der Waals surface area contributed by atoms with Crippen LogP contribution in [0.2, 0.25) is 0 Å². The predicted octanol–water partition coefficient (Wildman–Crippen LogP) is 1.83. The van der Waals surface area contributed by atoms with Gasteiger partial charge < -0.3 is 25.0 Å². The van der Waals surface area contributed by atoms with Crippen molar-refractivity contribution in [1.82, 2.24) is 20.4 Å². The van der Waals surface area contributed by atoms with E-state index in [1.807, 2.05) is 20.0 Å². The van der Waals surface area contributed by atoms with Crippen molar-refractivity contribution in [2.24, 2.45) is 4.99 Å². The standard InChI is InChI=1S/C22H39N5O2/c1-6-29-21-16-19(9-10-20(21)28-5)8-7-11-24-22(23-3)25-17-18(2)27-14-12-26(4)13-15-27/h9-10,16,18H,6-8,11-15,17H2,1-5H3,(H2,23,24,25). The molecule has 1 aromatic carbocycles. The molecule has 2 rings (SSSR count). The van der Waals surface area contributed by atoms with E-state index in [1.54, 1.807) is 7.11 Å². The largest absolute Gasteiger partial charge is 0.493 e. The lowest BCUT2D eigenvalue weighted by Gasteiger charge is -2.36. The summed E-state index contributed by atoms with van der Waals surface area (Å²) in [6.07, 6.45) is 2.00. The number of hydrogen-bond donors (Lipinski definition) is 2. The van der Waals surface area contributed by atoms with Gasteiger partial charge in [-0.3, -0.25) is 9.89 Å². The molecule has 1 unspecified atom stereocenters. The monoisotopic (exact) mass is 405 g/mol. The zero-order valence-corrected chi connectivity index (χ0v) is 18.8. The second-order valence-electron chi connectivity index (χ2n) is 7.59. The Morgan fingerprint density at radius 1 is 1.17 bits per heavy atom. The summed E-state index contributed by atoms with van der Waals surface area (Å²) in [5, 5.41) is 6.89. The van der Waals surface area contributed by atoms with E-state index in [4.69, 9.17) is 9.47 Å². The van der Waals surface area contributed by atoms with Crippen molar-refractivity contribution in [3.63, 3.8) is 0 Å². The molecule has 0 amide bonds. The molecule has 1 atom stereocenters. The van der Waals surface area contributed by atoms with Crippen LogP contribution < -0.4 is 20.1 Å². The molecule has 0 bridgehead atoms. The van der Waals surface area contributed by atoms with Gasteiger partial charge in [-0.1, -0.05) is 6.07 Å². The Labute approximate surface area is 176 Å². The Morgan fingerprint density at radius 3 is 2.59 bits per heavy atom. The number of piperazine rings is 1. The third kappa shape index (κ3) is 7.74.